The summed E-state index contributed by atoms with van der Waals surface area (Å²) in [4.78, 5) is 16.4. The number of rotatable bonds is 3. The van der Waals surface area contributed by atoms with Crippen molar-refractivity contribution in [2.24, 2.45) is 0 Å². The Balaban J connectivity index is 2.18. The Labute approximate surface area is 119 Å². The first-order valence-electron chi connectivity index (χ1n) is 6.79. The minimum atomic E-state index is -0.306. The lowest BCUT2D eigenvalue weighted by Gasteiger charge is -2.24. The molecule has 0 bridgehead atoms. The van der Waals surface area contributed by atoms with E-state index in [0.29, 0.717) is 0 Å². The Morgan fingerprint density at radius 3 is 2.60 bits per heavy atom. The molecular weight excluding hydrogens is 250 g/mol. The van der Waals surface area contributed by atoms with Gasteiger partial charge in [0, 0.05) is 22.8 Å². The van der Waals surface area contributed by atoms with Crippen LogP contribution in [0.4, 0.5) is 5.69 Å². The average Bonchev–Trinajstić information content (AvgIpc) is 2.37. The Bertz CT molecular complexity index is 611. The molecule has 2 rings (SSSR count). The van der Waals surface area contributed by atoms with Crippen LogP contribution in [-0.2, 0) is 4.79 Å². The van der Waals surface area contributed by atoms with E-state index in [0.717, 1.165) is 16.6 Å². The van der Waals surface area contributed by atoms with Crippen LogP contribution in [0, 0.1) is 0 Å². The summed E-state index contributed by atoms with van der Waals surface area (Å²) < 4.78 is 0. The topological polar surface area (TPSA) is 54.0 Å². The van der Waals surface area contributed by atoms with Gasteiger partial charge in [-0.15, -0.1) is 0 Å². The van der Waals surface area contributed by atoms with Gasteiger partial charge in [-0.2, -0.15) is 0 Å². The lowest BCUT2D eigenvalue weighted by Crippen LogP contribution is -2.47. The second-order valence-corrected chi connectivity index (χ2v) is 5.98. The summed E-state index contributed by atoms with van der Waals surface area (Å²) in [5.74, 6) is -0.0154. The number of hydrogen-bond acceptors (Lipinski definition) is 3. The smallest absolute Gasteiger partial charge is 0.242 e. The van der Waals surface area contributed by atoms with Crippen molar-refractivity contribution < 1.29 is 4.79 Å². The van der Waals surface area contributed by atoms with Gasteiger partial charge in [0.1, 0.15) is 6.04 Å². The predicted octanol–water partition coefficient (Wildman–Crippen LogP) is 2.95. The molecule has 2 aromatic rings. The molecule has 1 heterocycles. The molecule has 106 valence electrons. The highest BCUT2D eigenvalue weighted by atomic mass is 16.2. The number of nitrogens with zero attached hydrogens (tertiary/aromatic N) is 1. The molecule has 1 unspecified atom stereocenters. The van der Waals surface area contributed by atoms with Gasteiger partial charge in [0.05, 0.1) is 5.52 Å². The number of carbonyl (C=O) groups excluding carboxylic acids is 1. The summed E-state index contributed by atoms with van der Waals surface area (Å²) in [7, 11) is 0. The molecule has 1 aromatic heterocycles. The zero-order valence-electron chi connectivity index (χ0n) is 12.4. The number of amides is 1. The summed E-state index contributed by atoms with van der Waals surface area (Å²) in [6, 6.07) is 9.46. The van der Waals surface area contributed by atoms with Gasteiger partial charge < -0.3 is 10.6 Å². The molecule has 20 heavy (non-hydrogen) atoms. The van der Waals surface area contributed by atoms with Crippen molar-refractivity contribution in [2.75, 3.05) is 5.32 Å². The second-order valence-electron chi connectivity index (χ2n) is 5.98. The maximum absolute atomic E-state index is 12.1. The number of anilines is 1. The molecule has 0 radical (unpaired) electrons. The van der Waals surface area contributed by atoms with Gasteiger partial charge >= 0.3 is 0 Å². The van der Waals surface area contributed by atoms with Gasteiger partial charge in [0.2, 0.25) is 5.91 Å². The molecule has 1 amide bonds. The summed E-state index contributed by atoms with van der Waals surface area (Å²) in [6.07, 6.45) is 1.75. The number of para-hydroxylation sites is 1. The quantitative estimate of drug-likeness (QED) is 0.902. The zero-order valence-corrected chi connectivity index (χ0v) is 12.4. The predicted molar refractivity (Wildman–Crippen MR) is 82.7 cm³/mol. The van der Waals surface area contributed by atoms with Gasteiger partial charge in [-0.3, -0.25) is 9.78 Å². The molecule has 0 aliphatic rings. The van der Waals surface area contributed by atoms with E-state index in [4.69, 9.17) is 0 Å². The van der Waals surface area contributed by atoms with Crippen LogP contribution >= 0.6 is 0 Å². The molecule has 0 fully saturated rings. The van der Waals surface area contributed by atoms with Gasteiger partial charge in [-0.1, -0.05) is 18.2 Å². The Morgan fingerprint density at radius 2 is 1.90 bits per heavy atom. The zero-order chi connectivity index (χ0) is 14.8. The third-order valence-electron chi connectivity index (χ3n) is 2.91. The second kappa shape index (κ2) is 5.49. The SMILES string of the molecule is CC(Nc1ccnc2ccccc12)C(=O)NC(C)(C)C. The highest BCUT2D eigenvalue weighted by Gasteiger charge is 2.19. The molecular formula is C16H21N3O. The Kier molecular flexibility index (Phi) is 3.93. The highest BCUT2D eigenvalue weighted by Crippen LogP contribution is 2.21. The minimum absolute atomic E-state index is 0.0154. The van der Waals surface area contributed by atoms with E-state index in [-0.39, 0.29) is 17.5 Å². The maximum Gasteiger partial charge on any atom is 0.242 e. The number of carbonyl (C=O) groups is 1. The number of aromatic nitrogens is 1. The van der Waals surface area contributed by atoms with Crippen LogP contribution in [0.1, 0.15) is 27.7 Å². The van der Waals surface area contributed by atoms with Gasteiger partial charge in [0.25, 0.3) is 0 Å². The molecule has 2 N–H and O–H groups in total. The number of benzene rings is 1. The molecule has 4 nitrogen and oxygen atoms in total. The van der Waals surface area contributed by atoms with Crippen LogP contribution in [0.5, 0.6) is 0 Å². The van der Waals surface area contributed by atoms with Gasteiger partial charge in [-0.05, 0) is 39.8 Å². The summed E-state index contributed by atoms with van der Waals surface area (Å²) in [6.45, 7) is 7.77. The van der Waals surface area contributed by atoms with E-state index in [9.17, 15) is 4.79 Å². The number of pyridine rings is 1. The molecule has 0 aliphatic heterocycles. The molecule has 4 heteroatoms. The van der Waals surface area contributed by atoms with Crippen LogP contribution in [0.15, 0.2) is 36.5 Å². The summed E-state index contributed by atoms with van der Waals surface area (Å²) >= 11 is 0. The molecule has 1 atom stereocenters. The first-order valence-corrected chi connectivity index (χ1v) is 6.79. The fourth-order valence-electron chi connectivity index (χ4n) is 2.00. The highest BCUT2D eigenvalue weighted by molar-refractivity contribution is 5.93. The van der Waals surface area contributed by atoms with E-state index < -0.39 is 0 Å². The standard InChI is InChI=1S/C16H21N3O/c1-11(15(20)19-16(2,3)4)18-14-9-10-17-13-8-6-5-7-12(13)14/h5-11H,1-4H3,(H,17,18)(H,19,20). The Morgan fingerprint density at radius 1 is 1.20 bits per heavy atom. The van der Waals surface area contributed by atoms with E-state index >= 15 is 0 Å². The minimum Gasteiger partial charge on any atom is -0.373 e. The van der Waals surface area contributed by atoms with Crippen molar-refractivity contribution in [1.82, 2.24) is 10.3 Å². The first-order chi connectivity index (χ1) is 9.37. The van der Waals surface area contributed by atoms with E-state index in [1.165, 1.54) is 0 Å². The number of fused-ring (bicyclic) bond motifs is 1. The van der Waals surface area contributed by atoms with Gasteiger partial charge in [0.15, 0.2) is 0 Å². The molecule has 0 saturated heterocycles. The third-order valence-corrected chi connectivity index (χ3v) is 2.91. The fourth-order valence-corrected chi connectivity index (χ4v) is 2.00. The van der Waals surface area contributed by atoms with Gasteiger partial charge in [-0.25, -0.2) is 0 Å². The van der Waals surface area contributed by atoms with Crippen LogP contribution in [0.3, 0.4) is 0 Å². The largest absolute Gasteiger partial charge is 0.373 e. The van der Waals surface area contributed by atoms with Crippen molar-refractivity contribution in [1.29, 1.82) is 0 Å². The number of nitrogens with one attached hydrogen (secondary N) is 2. The molecule has 1 aromatic carbocycles. The van der Waals surface area contributed by atoms with Crippen molar-refractivity contribution in [3.05, 3.63) is 36.5 Å². The summed E-state index contributed by atoms with van der Waals surface area (Å²) in [5.41, 5.74) is 1.61. The van der Waals surface area contributed by atoms with Crippen LogP contribution in [0.25, 0.3) is 10.9 Å². The van der Waals surface area contributed by atoms with E-state index in [1.807, 2.05) is 58.0 Å². The maximum atomic E-state index is 12.1. The monoisotopic (exact) mass is 271 g/mol. The van der Waals surface area contributed by atoms with Crippen molar-refractivity contribution in [3.8, 4) is 0 Å². The van der Waals surface area contributed by atoms with Crippen molar-refractivity contribution in [3.63, 3.8) is 0 Å². The lowest BCUT2D eigenvalue weighted by molar-refractivity contribution is -0.122. The summed E-state index contributed by atoms with van der Waals surface area (Å²) in [5, 5.41) is 7.24. The van der Waals surface area contributed by atoms with Crippen molar-refractivity contribution >= 4 is 22.5 Å². The van der Waals surface area contributed by atoms with Crippen LogP contribution < -0.4 is 10.6 Å². The lowest BCUT2D eigenvalue weighted by atomic mass is 10.1. The normalized spacial score (nSPS) is 13.0. The van der Waals surface area contributed by atoms with E-state index in [1.54, 1.807) is 6.20 Å². The van der Waals surface area contributed by atoms with Crippen LogP contribution in [-0.4, -0.2) is 22.5 Å². The average molecular weight is 271 g/mol. The Hall–Kier alpha value is -2.10. The fraction of sp³-hybridized carbons (Fsp3) is 0.375. The van der Waals surface area contributed by atoms with E-state index in [2.05, 4.69) is 15.6 Å². The third kappa shape index (κ3) is 3.47. The van der Waals surface area contributed by atoms with Crippen molar-refractivity contribution in [2.45, 2.75) is 39.3 Å². The molecule has 0 aliphatic carbocycles. The number of hydrogen-bond donors (Lipinski definition) is 2. The first kappa shape index (κ1) is 14.3. The molecule has 0 spiro atoms. The molecule has 0 saturated carbocycles. The van der Waals surface area contributed by atoms with Crippen LogP contribution in [0.2, 0.25) is 0 Å².